The summed E-state index contributed by atoms with van der Waals surface area (Å²) in [6.07, 6.45) is 0.800. The lowest BCUT2D eigenvalue weighted by molar-refractivity contribution is -0.119. The van der Waals surface area contributed by atoms with Crippen LogP contribution in [0.4, 0.5) is 4.39 Å². The number of amides is 1. The molecule has 1 amide bonds. The lowest BCUT2D eigenvalue weighted by Gasteiger charge is -2.21. The molecule has 2 aliphatic heterocycles. The molecule has 124 valence electrons. The minimum Gasteiger partial charge on any atom is -0.478 e. The molecule has 7 nitrogen and oxygen atoms in total. The van der Waals surface area contributed by atoms with Gasteiger partial charge in [-0.3, -0.25) is 4.79 Å². The Balaban J connectivity index is 1.91. The molecule has 1 atom stereocenters. The van der Waals surface area contributed by atoms with Gasteiger partial charge >= 0.3 is 5.97 Å². The summed E-state index contributed by atoms with van der Waals surface area (Å²) in [5.74, 6) is -2.43. The summed E-state index contributed by atoms with van der Waals surface area (Å²) in [4.78, 5) is 22.0. The lowest BCUT2D eigenvalue weighted by Crippen LogP contribution is -2.33. The number of nitrogens with one attached hydrogen (secondary N) is 1. The number of nitrogens with zero attached hydrogens (tertiary/aromatic N) is 1. The summed E-state index contributed by atoms with van der Waals surface area (Å²) in [6.45, 7) is 0.796. The minimum absolute atomic E-state index is 0.108. The Morgan fingerprint density at radius 3 is 2.70 bits per heavy atom. The number of carboxylic acid groups (broad SMARTS) is 1. The lowest BCUT2D eigenvalue weighted by atomic mass is 9.86. The predicted octanol–water partition coefficient (Wildman–Crippen LogP) is 0.425. The maximum Gasteiger partial charge on any atom is 0.335 e. The third kappa shape index (κ3) is 2.81. The Labute approximate surface area is 132 Å². The molecule has 3 rings (SSSR count). The Morgan fingerprint density at radius 2 is 2.09 bits per heavy atom. The molecule has 1 unspecified atom stereocenters. The maximum atomic E-state index is 13.5. The first-order valence-electron chi connectivity index (χ1n) is 7.03. The molecule has 0 aromatic heterocycles. The van der Waals surface area contributed by atoms with Gasteiger partial charge in [0.25, 0.3) is 0 Å². The van der Waals surface area contributed by atoms with Crippen molar-refractivity contribution in [3.05, 3.63) is 29.6 Å². The molecule has 1 aromatic rings. The Morgan fingerprint density at radius 1 is 1.35 bits per heavy atom. The second-order valence-corrected chi connectivity index (χ2v) is 7.96. The summed E-state index contributed by atoms with van der Waals surface area (Å²) >= 11 is 0. The average Bonchev–Trinajstić information content (AvgIpc) is 3.05. The fourth-order valence-corrected chi connectivity index (χ4v) is 4.73. The van der Waals surface area contributed by atoms with Gasteiger partial charge in [-0.1, -0.05) is 0 Å². The highest BCUT2D eigenvalue weighted by atomic mass is 32.2. The van der Waals surface area contributed by atoms with Crippen LogP contribution in [0.1, 0.15) is 23.2 Å². The van der Waals surface area contributed by atoms with Crippen LogP contribution in [0.15, 0.2) is 23.1 Å². The van der Waals surface area contributed by atoms with E-state index >= 15 is 0 Å². The normalized spacial score (nSPS) is 25.0. The molecule has 9 heteroatoms. The molecular formula is C14H15FN2O5S. The molecular weight excluding hydrogens is 327 g/mol. The van der Waals surface area contributed by atoms with Gasteiger partial charge < -0.3 is 10.4 Å². The van der Waals surface area contributed by atoms with E-state index in [4.69, 9.17) is 5.11 Å². The number of hydrogen-bond acceptors (Lipinski definition) is 4. The second-order valence-electron chi connectivity index (χ2n) is 6.02. The second kappa shape index (κ2) is 5.27. The average molecular weight is 342 g/mol. The van der Waals surface area contributed by atoms with Crippen LogP contribution in [0.2, 0.25) is 0 Å². The van der Waals surface area contributed by atoms with Crippen LogP contribution in [0, 0.1) is 11.2 Å². The van der Waals surface area contributed by atoms with Crippen molar-refractivity contribution in [2.24, 2.45) is 5.41 Å². The molecule has 1 aromatic carbocycles. The number of aromatic carboxylic acids is 1. The molecule has 23 heavy (non-hydrogen) atoms. The third-order valence-electron chi connectivity index (χ3n) is 4.36. The monoisotopic (exact) mass is 342 g/mol. The van der Waals surface area contributed by atoms with Crippen LogP contribution < -0.4 is 5.32 Å². The summed E-state index contributed by atoms with van der Waals surface area (Å²) in [6, 6.07) is 2.53. The topological polar surface area (TPSA) is 104 Å². The molecule has 2 heterocycles. The molecule has 2 saturated heterocycles. The van der Waals surface area contributed by atoms with Crippen molar-refractivity contribution in [3.63, 3.8) is 0 Å². The number of halogens is 1. The molecule has 2 aliphatic rings. The molecule has 1 spiro atoms. The van der Waals surface area contributed by atoms with Gasteiger partial charge in [0.15, 0.2) is 0 Å². The number of sulfonamides is 1. The van der Waals surface area contributed by atoms with Gasteiger partial charge in [0, 0.05) is 31.5 Å². The molecule has 0 bridgehead atoms. The van der Waals surface area contributed by atoms with Crippen LogP contribution in [-0.2, 0) is 14.8 Å². The van der Waals surface area contributed by atoms with Crippen molar-refractivity contribution in [2.75, 3.05) is 19.6 Å². The van der Waals surface area contributed by atoms with Crippen LogP contribution in [0.3, 0.4) is 0 Å². The first-order valence-corrected chi connectivity index (χ1v) is 8.47. The highest BCUT2D eigenvalue weighted by Crippen LogP contribution is 2.38. The SMILES string of the molecule is O=C1CC2(CCN(S(=O)(=O)c3cc(F)cc(C(=O)O)c3)C2)CN1. The molecule has 2 N–H and O–H groups in total. The van der Waals surface area contributed by atoms with Gasteiger partial charge in [-0.05, 0) is 24.6 Å². The summed E-state index contributed by atoms with van der Waals surface area (Å²) in [5.41, 5.74) is -0.845. The Hall–Kier alpha value is -2.00. The summed E-state index contributed by atoms with van der Waals surface area (Å²) in [7, 11) is -4.01. The van der Waals surface area contributed by atoms with Gasteiger partial charge in [0.2, 0.25) is 15.9 Å². The number of benzene rings is 1. The first-order chi connectivity index (χ1) is 10.7. The van der Waals surface area contributed by atoms with E-state index in [2.05, 4.69) is 5.32 Å². The van der Waals surface area contributed by atoms with Gasteiger partial charge in [0.05, 0.1) is 10.5 Å². The fourth-order valence-electron chi connectivity index (χ4n) is 3.12. The molecule has 0 aliphatic carbocycles. The van der Waals surface area contributed by atoms with Crippen molar-refractivity contribution in [1.82, 2.24) is 9.62 Å². The molecule has 0 radical (unpaired) electrons. The zero-order valence-electron chi connectivity index (χ0n) is 12.1. The van der Waals surface area contributed by atoms with E-state index in [1.54, 1.807) is 0 Å². The van der Waals surface area contributed by atoms with Crippen LogP contribution in [-0.4, -0.2) is 49.3 Å². The number of carboxylic acids is 1. The third-order valence-corrected chi connectivity index (χ3v) is 6.18. The molecule has 0 saturated carbocycles. The van der Waals surface area contributed by atoms with E-state index in [0.717, 1.165) is 18.2 Å². The highest BCUT2D eigenvalue weighted by Gasteiger charge is 2.47. The first kappa shape index (κ1) is 15.9. The number of hydrogen-bond donors (Lipinski definition) is 2. The zero-order valence-corrected chi connectivity index (χ0v) is 12.9. The molecule has 2 fully saturated rings. The number of rotatable bonds is 3. The van der Waals surface area contributed by atoms with Crippen molar-refractivity contribution in [2.45, 2.75) is 17.7 Å². The van der Waals surface area contributed by atoms with E-state index in [-0.39, 0.29) is 30.3 Å². The predicted molar refractivity (Wildman–Crippen MR) is 76.8 cm³/mol. The number of carbonyl (C=O) groups excluding carboxylic acids is 1. The maximum absolute atomic E-state index is 13.5. The van der Waals surface area contributed by atoms with E-state index in [9.17, 15) is 22.4 Å². The number of carbonyl (C=O) groups is 2. The van der Waals surface area contributed by atoms with Crippen LogP contribution in [0.5, 0.6) is 0 Å². The quantitative estimate of drug-likeness (QED) is 0.829. The summed E-state index contributed by atoms with van der Waals surface area (Å²) < 4.78 is 40.0. The van der Waals surface area contributed by atoms with Crippen molar-refractivity contribution < 1.29 is 27.5 Å². The zero-order chi connectivity index (χ0) is 16.8. The van der Waals surface area contributed by atoms with E-state index in [1.165, 1.54) is 4.31 Å². The summed E-state index contributed by atoms with van der Waals surface area (Å²) in [5, 5.41) is 11.6. The van der Waals surface area contributed by atoms with Crippen LogP contribution >= 0.6 is 0 Å². The van der Waals surface area contributed by atoms with Gasteiger partial charge in [0.1, 0.15) is 5.82 Å². The minimum atomic E-state index is -4.01. The van der Waals surface area contributed by atoms with Crippen LogP contribution in [0.25, 0.3) is 0 Å². The standard InChI is InChI=1S/C14H15FN2O5S/c15-10-3-9(13(19)20)4-11(5-10)23(21,22)17-2-1-14(8-17)6-12(18)16-7-14/h3-5H,1-2,6-8H2,(H,16,18)(H,19,20). The van der Waals surface area contributed by atoms with E-state index < -0.39 is 32.8 Å². The van der Waals surface area contributed by atoms with Crippen molar-refractivity contribution in [1.29, 1.82) is 0 Å². The van der Waals surface area contributed by atoms with Crippen molar-refractivity contribution >= 4 is 21.9 Å². The smallest absolute Gasteiger partial charge is 0.335 e. The Bertz CT molecular complexity index is 794. The fraction of sp³-hybridized carbons (Fsp3) is 0.429. The van der Waals surface area contributed by atoms with E-state index in [1.807, 2.05) is 0 Å². The van der Waals surface area contributed by atoms with Gasteiger partial charge in [-0.15, -0.1) is 0 Å². The van der Waals surface area contributed by atoms with Crippen molar-refractivity contribution in [3.8, 4) is 0 Å². The Kier molecular flexibility index (Phi) is 3.64. The van der Waals surface area contributed by atoms with Gasteiger partial charge in [-0.2, -0.15) is 4.31 Å². The largest absolute Gasteiger partial charge is 0.478 e. The highest BCUT2D eigenvalue weighted by molar-refractivity contribution is 7.89. The van der Waals surface area contributed by atoms with Gasteiger partial charge in [-0.25, -0.2) is 17.6 Å². The van der Waals surface area contributed by atoms with E-state index in [0.29, 0.717) is 13.0 Å².